The number of thiophene rings is 1. The van der Waals surface area contributed by atoms with E-state index in [1.165, 1.54) is 6.07 Å². The summed E-state index contributed by atoms with van der Waals surface area (Å²) < 4.78 is 37.9. The van der Waals surface area contributed by atoms with Gasteiger partial charge in [0.1, 0.15) is 4.83 Å². The van der Waals surface area contributed by atoms with Crippen molar-refractivity contribution in [2.24, 2.45) is 5.73 Å². The molecule has 8 heteroatoms. The second kappa shape index (κ2) is 4.51. The zero-order valence-corrected chi connectivity index (χ0v) is 10.1. The van der Waals surface area contributed by atoms with Gasteiger partial charge in [-0.1, -0.05) is 0 Å². The molecule has 0 aromatic carbocycles. The van der Waals surface area contributed by atoms with Gasteiger partial charge in [0.05, 0.1) is 17.0 Å². The van der Waals surface area contributed by atoms with Crippen LogP contribution in [0.25, 0.3) is 10.2 Å². The van der Waals surface area contributed by atoms with E-state index in [9.17, 15) is 18.0 Å². The molecule has 0 aliphatic rings. The molecular weight excluding hydrogens is 279 g/mol. The maximum absolute atomic E-state index is 12.6. The maximum Gasteiger partial charge on any atom is 0.451 e. The predicted molar refractivity (Wildman–Crippen MR) is 63.5 cm³/mol. The molecule has 0 bridgehead atoms. The van der Waals surface area contributed by atoms with Gasteiger partial charge >= 0.3 is 6.18 Å². The molecule has 0 aliphatic carbocycles. The summed E-state index contributed by atoms with van der Waals surface area (Å²) >= 11 is 0.781. The summed E-state index contributed by atoms with van der Waals surface area (Å²) in [5.41, 5.74) is 5.15. The van der Waals surface area contributed by atoms with E-state index in [-0.39, 0.29) is 21.8 Å². The van der Waals surface area contributed by atoms with E-state index in [0.717, 1.165) is 11.3 Å². The van der Waals surface area contributed by atoms with Gasteiger partial charge in [-0.2, -0.15) is 13.2 Å². The molecule has 4 nitrogen and oxygen atoms in total. The number of amides is 1. The number of fused-ring (bicyclic) bond motifs is 1. The highest BCUT2D eigenvalue weighted by molar-refractivity contribution is 7.20. The van der Waals surface area contributed by atoms with E-state index >= 15 is 0 Å². The average Bonchev–Trinajstić information content (AvgIpc) is 2.72. The highest BCUT2D eigenvalue weighted by Crippen LogP contribution is 2.32. The minimum Gasteiger partial charge on any atom is -0.365 e. The van der Waals surface area contributed by atoms with Crippen LogP contribution in [0.15, 0.2) is 6.07 Å². The molecule has 0 aliphatic heterocycles. The lowest BCUT2D eigenvalue weighted by Gasteiger charge is -2.06. The van der Waals surface area contributed by atoms with Crippen LogP contribution < -0.4 is 5.73 Å². The van der Waals surface area contributed by atoms with E-state index in [0.29, 0.717) is 5.39 Å². The van der Waals surface area contributed by atoms with Gasteiger partial charge in [0.15, 0.2) is 0 Å². The van der Waals surface area contributed by atoms with Crippen molar-refractivity contribution in [2.75, 3.05) is 0 Å². The van der Waals surface area contributed by atoms with Gasteiger partial charge in [-0.15, -0.1) is 23.7 Å². The van der Waals surface area contributed by atoms with Crippen LogP contribution in [-0.2, 0) is 12.6 Å². The number of aromatic nitrogens is 2. The number of hydrogen-bond donors (Lipinski definition) is 1. The average molecular weight is 285 g/mol. The second-order valence-electron chi connectivity index (χ2n) is 3.57. The highest BCUT2D eigenvalue weighted by atomic mass is 32.1. The van der Waals surface area contributed by atoms with Crippen molar-refractivity contribution in [1.82, 2.24) is 9.97 Å². The first-order chi connectivity index (χ1) is 8.82. The van der Waals surface area contributed by atoms with Crippen LogP contribution in [0.2, 0.25) is 0 Å². The number of nitrogens with zero attached hydrogens (tertiary/aromatic N) is 2. The SMILES string of the molecule is C#CCc1nc(C(F)(F)F)nc2sc(C(N)=O)cc12. The monoisotopic (exact) mass is 285 g/mol. The summed E-state index contributed by atoms with van der Waals surface area (Å²) in [5.74, 6) is 0.216. The summed E-state index contributed by atoms with van der Waals surface area (Å²) in [6.45, 7) is 0. The molecule has 0 saturated heterocycles. The number of carbonyl (C=O) groups excluding carboxylic acids is 1. The van der Waals surface area contributed by atoms with Gasteiger partial charge < -0.3 is 5.73 Å². The van der Waals surface area contributed by atoms with E-state index < -0.39 is 17.9 Å². The standard InChI is InChI=1S/C11H6F3N3OS/c1-2-3-6-5-4-7(8(15)18)19-9(5)17-10(16-6)11(12,13)14/h1,4H,3H2,(H2,15,18). The van der Waals surface area contributed by atoms with Crippen LogP contribution >= 0.6 is 11.3 Å². The number of rotatable bonds is 2. The summed E-state index contributed by atoms with van der Waals surface area (Å²) in [5, 5.41) is 0.324. The lowest BCUT2D eigenvalue weighted by Crippen LogP contribution is -2.12. The fraction of sp³-hybridized carbons (Fsp3) is 0.182. The summed E-state index contributed by atoms with van der Waals surface area (Å²) in [7, 11) is 0. The number of nitrogens with two attached hydrogens (primary N) is 1. The molecule has 0 fully saturated rings. The molecule has 0 unspecified atom stereocenters. The normalized spacial score (nSPS) is 11.5. The molecule has 0 atom stereocenters. The van der Waals surface area contributed by atoms with Crippen LogP contribution in [0.3, 0.4) is 0 Å². The summed E-state index contributed by atoms with van der Waals surface area (Å²) in [6, 6.07) is 1.36. The lowest BCUT2D eigenvalue weighted by atomic mass is 10.2. The Hall–Kier alpha value is -2.14. The van der Waals surface area contributed by atoms with Crippen molar-refractivity contribution < 1.29 is 18.0 Å². The second-order valence-corrected chi connectivity index (χ2v) is 4.60. The number of alkyl halides is 3. The van der Waals surface area contributed by atoms with Crippen molar-refractivity contribution in [3.63, 3.8) is 0 Å². The summed E-state index contributed by atoms with van der Waals surface area (Å²) in [4.78, 5) is 18.0. The first kappa shape index (κ1) is 13.3. The molecule has 2 N–H and O–H groups in total. The van der Waals surface area contributed by atoms with E-state index in [2.05, 4.69) is 15.9 Å². The number of halogens is 3. The van der Waals surface area contributed by atoms with Gasteiger partial charge in [0, 0.05) is 5.39 Å². The third-order valence-corrected chi connectivity index (χ3v) is 3.28. The quantitative estimate of drug-likeness (QED) is 0.858. The molecular formula is C11H6F3N3OS. The molecule has 2 aromatic heterocycles. The highest BCUT2D eigenvalue weighted by Gasteiger charge is 2.35. The summed E-state index contributed by atoms with van der Waals surface area (Å²) in [6.07, 6.45) is 0.339. The fourth-order valence-corrected chi connectivity index (χ4v) is 2.36. The molecule has 19 heavy (non-hydrogen) atoms. The van der Waals surface area contributed by atoms with Gasteiger partial charge in [-0.3, -0.25) is 4.79 Å². The molecule has 2 heterocycles. The zero-order chi connectivity index (χ0) is 14.2. The van der Waals surface area contributed by atoms with Gasteiger partial charge in [-0.25, -0.2) is 9.97 Å². The molecule has 2 aromatic rings. The van der Waals surface area contributed by atoms with Crippen LogP contribution in [0, 0.1) is 12.3 Å². The molecule has 0 saturated carbocycles. The van der Waals surface area contributed by atoms with Gasteiger partial charge in [0.2, 0.25) is 5.82 Å². The van der Waals surface area contributed by atoms with Crippen LogP contribution in [-0.4, -0.2) is 15.9 Å². The first-order valence-corrected chi connectivity index (χ1v) is 5.75. The maximum atomic E-state index is 12.6. The van der Waals surface area contributed by atoms with Crippen molar-refractivity contribution >= 4 is 27.5 Å². The van der Waals surface area contributed by atoms with Crippen molar-refractivity contribution in [3.8, 4) is 12.3 Å². The predicted octanol–water partition coefficient (Wildman–Crippen LogP) is 1.98. The van der Waals surface area contributed by atoms with Crippen molar-refractivity contribution in [3.05, 3.63) is 22.5 Å². The van der Waals surface area contributed by atoms with E-state index in [4.69, 9.17) is 12.2 Å². The zero-order valence-electron chi connectivity index (χ0n) is 9.28. The minimum absolute atomic E-state index is 0.0429. The van der Waals surface area contributed by atoms with Crippen LogP contribution in [0.4, 0.5) is 13.2 Å². The number of terminal acetylenes is 1. The minimum atomic E-state index is -4.67. The Morgan fingerprint density at radius 3 is 2.68 bits per heavy atom. The van der Waals surface area contributed by atoms with E-state index in [1.54, 1.807) is 0 Å². The largest absolute Gasteiger partial charge is 0.451 e. The Balaban J connectivity index is 2.73. The third kappa shape index (κ3) is 2.51. The number of carbonyl (C=O) groups is 1. The van der Waals surface area contributed by atoms with Crippen LogP contribution in [0.5, 0.6) is 0 Å². The topological polar surface area (TPSA) is 68.9 Å². The Bertz CT molecular complexity index is 699. The Morgan fingerprint density at radius 2 is 2.16 bits per heavy atom. The molecule has 98 valence electrons. The van der Waals surface area contributed by atoms with Crippen LogP contribution in [0.1, 0.15) is 21.2 Å². The molecule has 0 radical (unpaired) electrons. The van der Waals surface area contributed by atoms with Crippen molar-refractivity contribution in [1.29, 1.82) is 0 Å². The molecule has 1 amide bonds. The number of primary amides is 1. The van der Waals surface area contributed by atoms with Gasteiger partial charge in [-0.05, 0) is 6.07 Å². The van der Waals surface area contributed by atoms with E-state index in [1.807, 2.05) is 0 Å². The Kier molecular flexibility index (Phi) is 3.16. The number of hydrogen-bond acceptors (Lipinski definition) is 4. The lowest BCUT2D eigenvalue weighted by molar-refractivity contribution is -0.144. The third-order valence-electron chi connectivity index (χ3n) is 2.24. The van der Waals surface area contributed by atoms with Gasteiger partial charge in [0.25, 0.3) is 5.91 Å². The fourth-order valence-electron chi connectivity index (χ4n) is 1.46. The Morgan fingerprint density at radius 1 is 1.47 bits per heavy atom. The first-order valence-electron chi connectivity index (χ1n) is 4.94. The molecule has 2 rings (SSSR count). The smallest absolute Gasteiger partial charge is 0.365 e. The van der Waals surface area contributed by atoms with Crippen molar-refractivity contribution in [2.45, 2.75) is 12.6 Å². The Labute approximate surface area is 109 Å². The molecule has 0 spiro atoms.